The van der Waals surface area contributed by atoms with Crippen LogP contribution in [0.25, 0.3) is 0 Å². The predicted octanol–water partition coefficient (Wildman–Crippen LogP) is 0.685. The van der Waals surface area contributed by atoms with E-state index in [0.717, 1.165) is 0 Å². The molecule has 0 radical (unpaired) electrons. The summed E-state index contributed by atoms with van der Waals surface area (Å²) in [5.74, 6) is -0.942. The van der Waals surface area contributed by atoms with Crippen molar-refractivity contribution in [1.29, 1.82) is 0 Å². The maximum atomic E-state index is 12.1. The molecule has 116 valence electrons. The van der Waals surface area contributed by atoms with Gasteiger partial charge < -0.3 is 24.8 Å². The lowest BCUT2D eigenvalue weighted by atomic mass is 10.2. The minimum Gasteiger partial charge on any atom is -0.479 e. The van der Waals surface area contributed by atoms with Crippen LogP contribution in [0.2, 0.25) is 0 Å². The topological polar surface area (TPSA) is 88.1 Å². The maximum absolute atomic E-state index is 12.1. The molecule has 0 bridgehead atoms. The number of nitrogens with zero attached hydrogens (tertiary/aromatic N) is 1. The van der Waals surface area contributed by atoms with Gasteiger partial charge in [-0.15, -0.1) is 0 Å². The van der Waals surface area contributed by atoms with E-state index in [4.69, 9.17) is 14.6 Å². The molecule has 7 heteroatoms. The van der Waals surface area contributed by atoms with Gasteiger partial charge >= 0.3 is 12.0 Å². The molecule has 2 atom stereocenters. The molecule has 0 aromatic carbocycles. The van der Waals surface area contributed by atoms with Crippen LogP contribution in [0.15, 0.2) is 0 Å². The summed E-state index contributed by atoms with van der Waals surface area (Å²) >= 11 is 0. The molecule has 0 aliphatic carbocycles. The van der Waals surface area contributed by atoms with Crippen molar-refractivity contribution in [2.75, 3.05) is 26.8 Å². The van der Waals surface area contributed by atoms with Crippen molar-refractivity contribution in [3.8, 4) is 0 Å². The third-order valence-electron chi connectivity index (χ3n) is 3.28. The van der Waals surface area contributed by atoms with Crippen LogP contribution in [-0.2, 0) is 14.3 Å². The third-order valence-corrected chi connectivity index (χ3v) is 3.28. The first-order valence-corrected chi connectivity index (χ1v) is 6.87. The van der Waals surface area contributed by atoms with Crippen molar-refractivity contribution in [3.05, 3.63) is 0 Å². The predicted molar refractivity (Wildman–Crippen MR) is 72.6 cm³/mol. The number of amides is 2. The molecule has 0 spiro atoms. The Morgan fingerprint density at radius 1 is 1.45 bits per heavy atom. The highest BCUT2D eigenvalue weighted by atomic mass is 16.5. The lowest BCUT2D eigenvalue weighted by molar-refractivity contribution is -0.149. The molecule has 1 saturated heterocycles. The largest absolute Gasteiger partial charge is 0.479 e. The summed E-state index contributed by atoms with van der Waals surface area (Å²) in [5.41, 5.74) is 0. The molecule has 1 aliphatic rings. The Morgan fingerprint density at radius 2 is 2.15 bits per heavy atom. The van der Waals surface area contributed by atoms with Crippen molar-refractivity contribution in [2.45, 2.75) is 44.9 Å². The summed E-state index contributed by atoms with van der Waals surface area (Å²) in [5, 5.41) is 11.6. The molecule has 0 aromatic heterocycles. The van der Waals surface area contributed by atoms with E-state index in [-0.39, 0.29) is 18.2 Å². The zero-order valence-corrected chi connectivity index (χ0v) is 12.3. The molecule has 1 fully saturated rings. The van der Waals surface area contributed by atoms with Crippen LogP contribution in [0.1, 0.15) is 26.7 Å². The summed E-state index contributed by atoms with van der Waals surface area (Å²) in [6.45, 7) is 5.19. The average Bonchev–Trinajstić information content (AvgIpc) is 2.85. The minimum atomic E-state index is -0.942. The second-order valence-corrected chi connectivity index (χ2v) is 5.13. The summed E-state index contributed by atoms with van der Waals surface area (Å²) in [6, 6.07) is -0.110. The molecular weight excluding hydrogens is 264 g/mol. The van der Waals surface area contributed by atoms with Gasteiger partial charge in [0.1, 0.15) is 0 Å². The number of hydrogen-bond acceptors (Lipinski definition) is 4. The van der Waals surface area contributed by atoms with Crippen LogP contribution in [-0.4, -0.2) is 67.1 Å². The van der Waals surface area contributed by atoms with E-state index < -0.39 is 12.1 Å². The lowest BCUT2D eigenvalue weighted by Crippen LogP contribution is -2.47. The number of aliphatic carboxylic acids is 1. The van der Waals surface area contributed by atoms with Gasteiger partial charge in [0.05, 0.1) is 12.7 Å². The van der Waals surface area contributed by atoms with Crippen molar-refractivity contribution in [1.82, 2.24) is 10.2 Å². The third kappa shape index (κ3) is 4.97. The monoisotopic (exact) mass is 288 g/mol. The molecule has 1 aliphatic heterocycles. The molecule has 2 unspecified atom stereocenters. The van der Waals surface area contributed by atoms with Gasteiger partial charge in [0.15, 0.2) is 6.10 Å². The van der Waals surface area contributed by atoms with Gasteiger partial charge in [-0.25, -0.2) is 9.59 Å². The molecule has 2 amide bonds. The normalized spacial score (nSPS) is 22.0. The summed E-state index contributed by atoms with van der Waals surface area (Å²) in [4.78, 5) is 24.5. The molecular formula is C13H24N2O5. The fourth-order valence-corrected chi connectivity index (χ4v) is 2.12. The molecule has 0 aromatic rings. The van der Waals surface area contributed by atoms with Gasteiger partial charge in [0.2, 0.25) is 0 Å². The number of hydrogen-bond donors (Lipinski definition) is 2. The zero-order chi connectivity index (χ0) is 15.1. The van der Waals surface area contributed by atoms with E-state index >= 15 is 0 Å². The maximum Gasteiger partial charge on any atom is 0.332 e. The van der Waals surface area contributed by atoms with Crippen LogP contribution >= 0.6 is 0 Å². The minimum absolute atomic E-state index is 0.0708. The van der Waals surface area contributed by atoms with Crippen LogP contribution in [0.5, 0.6) is 0 Å². The van der Waals surface area contributed by atoms with E-state index in [1.807, 2.05) is 13.8 Å². The smallest absolute Gasteiger partial charge is 0.332 e. The number of nitrogens with one attached hydrogen (secondary N) is 1. The van der Waals surface area contributed by atoms with Crippen LogP contribution in [0.4, 0.5) is 4.79 Å². The Labute approximate surface area is 119 Å². The zero-order valence-electron chi connectivity index (χ0n) is 12.3. The van der Waals surface area contributed by atoms with Gasteiger partial charge in [-0.05, 0) is 26.7 Å². The highest BCUT2D eigenvalue weighted by Crippen LogP contribution is 2.19. The van der Waals surface area contributed by atoms with Crippen LogP contribution < -0.4 is 5.32 Å². The summed E-state index contributed by atoms with van der Waals surface area (Å²) < 4.78 is 10.3. The first-order valence-electron chi connectivity index (χ1n) is 6.87. The highest BCUT2D eigenvalue weighted by molar-refractivity contribution is 5.74. The van der Waals surface area contributed by atoms with Crippen LogP contribution in [0.3, 0.4) is 0 Å². The Morgan fingerprint density at radius 3 is 2.65 bits per heavy atom. The number of carboxylic acids is 1. The fourth-order valence-electron chi connectivity index (χ4n) is 2.12. The van der Waals surface area contributed by atoms with Gasteiger partial charge in [0, 0.05) is 26.2 Å². The Bertz CT molecular complexity index is 335. The molecule has 2 N–H and O–H groups in total. The second-order valence-electron chi connectivity index (χ2n) is 5.13. The lowest BCUT2D eigenvalue weighted by Gasteiger charge is -2.27. The van der Waals surface area contributed by atoms with E-state index in [1.165, 1.54) is 0 Å². The van der Waals surface area contributed by atoms with Gasteiger partial charge in [0.25, 0.3) is 0 Å². The Hall–Kier alpha value is -1.34. The number of ether oxygens (including phenoxy) is 2. The number of carboxylic acid groups (broad SMARTS) is 1. The van der Waals surface area contributed by atoms with Crippen molar-refractivity contribution in [3.63, 3.8) is 0 Å². The average molecular weight is 288 g/mol. The summed E-state index contributed by atoms with van der Waals surface area (Å²) in [6.07, 6.45) is 0.174. The Balaban J connectivity index is 2.36. The van der Waals surface area contributed by atoms with E-state index in [0.29, 0.717) is 32.5 Å². The van der Waals surface area contributed by atoms with Crippen molar-refractivity contribution in [2.24, 2.45) is 0 Å². The molecule has 1 rings (SSSR count). The SMILES string of the molecule is COCCN(C(=O)NCC1CCC(C(=O)O)O1)C(C)C. The fraction of sp³-hybridized carbons (Fsp3) is 0.846. The number of methoxy groups -OCH3 is 1. The second kappa shape index (κ2) is 8.06. The van der Waals surface area contributed by atoms with Crippen LogP contribution in [0, 0.1) is 0 Å². The van der Waals surface area contributed by atoms with E-state index in [1.54, 1.807) is 12.0 Å². The quantitative estimate of drug-likeness (QED) is 0.719. The number of rotatable bonds is 7. The highest BCUT2D eigenvalue weighted by Gasteiger charge is 2.30. The van der Waals surface area contributed by atoms with E-state index in [9.17, 15) is 9.59 Å². The number of urea groups is 1. The van der Waals surface area contributed by atoms with Gasteiger partial charge in [-0.3, -0.25) is 0 Å². The molecule has 1 heterocycles. The van der Waals surface area contributed by atoms with E-state index in [2.05, 4.69) is 5.32 Å². The van der Waals surface area contributed by atoms with Crippen molar-refractivity contribution >= 4 is 12.0 Å². The Kier molecular flexibility index (Phi) is 6.74. The van der Waals surface area contributed by atoms with Gasteiger partial charge in [-0.1, -0.05) is 0 Å². The first kappa shape index (κ1) is 16.7. The number of carbonyl (C=O) groups excluding carboxylic acids is 1. The van der Waals surface area contributed by atoms with Gasteiger partial charge in [-0.2, -0.15) is 0 Å². The first-order chi connectivity index (χ1) is 9.45. The summed E-state index contributed by atoms with van der Waals surface area (Å²) in [7, 11) is 1.59. The standard InChI is InChI=1S/C13H24N2O5/c1-9(2)15(6-7-19-3)13(18)14-8-10-4-5-11(20-10)12(16)17/h9-11H,4-8H2,1-3H3,(H,14,18)(H,16,17). The molecule has 7 nitrogen and oxygen atoms in total. The number of carbonyl (C=O) groups is 2. The van der Waals surface area contributed by atoms with Crippen molar-refractivity contribution < 1.29 is 24.2 Å². The molecule has 20 heavy (non-hydrogen) atoms. The molecule has 0 saturated carbocycles.